The summed E-state index contributed by atoms with van der Waals surface area (Å²) in [5.41, 5.74) is 2.75. The Kier molecular flexibility index (Phi) is 3.73. The zero-order chi connectivity index (χ0) is 15.5. The molecule has 3 rings (SSSR count). The number of aryl methyl sites for hydroxylation is 1. The van der Waals surface area contributed by atoms with Gasteiger partial charge in [0.05, 0.1) is 6.20 Å². The highest BCUT2D eigenvalue weighted by Gasteiger charge is 2.25. The first kappa shape index (κ1) is 14.1. The summed E-state index contributed by atoms with van der Waals surface area (Å²) < 4.78 is 1.72. The second-order valence-electron chi connectivity index (χ2n) is 5.03. The fourth-order valence-corrected chi connectivity index (χ4v) is 2.25. The van der Waals surface area contributed by atoms with Crippen LogP contribution >= 0.6 is 0 Å². The van der Waals surface area contributed by atoms with Gasteiger partial charge in [0.1, 0.15) is 0 Å². The maximum atomic E-state index is 11.9. The molecule has 2 N–H and O–H groups in total. The van der Waals surface area contributed by atoms with Gasteiger partial charge in [0.25, 0.3) is 0 Å². The lowest BCUT2D eigenvalue weighted by atomic mass is 10.1. The second-order valence-corrected chi connectivity index (χ2v) is 5.03. The maximum absolute atomic E-state index is 11.9. The molecule has 8 heteroatoms. The molecule has 0 spiro atoms. The Hall–Kier alpha value is -2.90. The minimum atomic E-state index is -0.401. The monoisotopic (exact) mass is 300 g/mol. The number of hydrogen-bond acceptors (Lipinski definition) is 4. The van der Waals surface area contributed by atoms with Gasteiger partial charge in [-0.15, -0.1) is 0 Å². The number of amides is 4. The van der Waals surface area contributed by atoms with Crippen LogP contribution in [0.5, 0.6) is 0 Å². The Labute approximate surface area is 127 Å². The fraction of sp³-hybridized carbons (Fsp3) is 0.286. The predicted molar refractivity (Wildman–Crippen MR) is 78.8 cm³/mol. The van der Waals surface area contributed by atoms with Crippen molar-refractivity contribution in [3.8, 4) is 11.1 Å². The van der Waals surface area contributed by atoms with E-state index in [1.165, 1.54) is 0 Å². The van der Waals surface area contributed by atoms with E-state index >= 15 is 0 Å². The number of carbonyl (C=O) groups is 2. The number of rotatable bonds is 3. The van der Waals surface area contributed by atoms with Crippen LogP contribution in [0.3, 0.4) is 0 Å². The minimum Gasteiger partial charge on any atom is -0.336 e. The van der Waals surface area contributed by atoms with E-state index in [1.54, 1.807) is 23.3 Å². The Balaban J connectivity index is 1.66. The van der Waals surface area contributed by atoms with Crippen molar-refractivity contribution in [2.24, 2.45) is 7.05 Å². The summed E-state index contributed by atoms with van der Waals surface area (Å²) in [6, 6.07) is 1.18. The van der Waals surface area contributed by atoms with Crippen molar-refractivity contribution in [3.05, 3.63) is 36.4 Å². The molecule has 114 valence electrons. The molecule has 1 fully saturated rings. The zero-order valence-electron chi connectivity index (χ0n) is 12.1. The average molecular weight is 300 g/mol. The van der Waals surface area contributed by atoms with Gasteiger partial charge in [-0.2, -0.15) is 5.10 Å². The van der Waals surface area contributed by atoms with Gasteiger partial charge in [0.15, 0.2) is 0 Å². The molecule has 0 atom stereocenters. The van der Waals surface area contributed by atoms with Gasteiger partial charge in [-0.3, -0.25) is 9.67 Å². The van der Waals surface area contributed by atoms with Gasteiger partial charge in [0.2, 0.25) is 0 Å². The van der Waals surface area contributed by atoms with Crippen LogP contribution < -0.4 is 10.6 Å². The molecule has 2 aromatic rings. The lowest BCUT2D eigenvalue weighted by molar-refractivity contribution is 0.198. The highest BCUT2D eigenvalue weighted by molar-refractivity contribution is 5.94. The average Bonchev–Trinajstić information content (AvgIpc) is 3.14. The summed E-state index contributed by atoms with van der Waals surface area (Å²) in [6.07, 6.45) is 7.09. The van der Waals surface area contributed by atoms with Crippen LogP contribution in [0, 0.1) is 0 Å². The first-order valence-electron chi connectivity index (χ1n) is 6.89. The van der Waals surface area contributed by atoms with E-state index in [1.807, 2.05) is 19.3 Å². The van der Waals surface area contributed by atoms with Crippen LogP contribution in [0.15, 0.2) is 30.9 Å². The SMILES string of the molecule is Cn1cc(-c2cncc(CNC(=O)N3CCNC3=O)c2)cn1. The summed E-state index contributed by atoms with van der Waals surface area (Å²) in [7, 11) is 1.85. The second kappa shape index (κ2) is 5.84. The van der Waals surface area contributed by atoms with Crippen LogP contribution in [0.1, 0.15) is 5.56 Å². The van der Waals surface area contributed by atoms with Gasteiger partial charge in [-0.25, -0.2) is 14.5 Å². The number of nitrogens with zero attached hydrogens (tertiary/aromatic N) is 4. The van der Waals surface area contributed by atoms with Gasteiger partial charge in [-0.05, 0) is 11.6 Å². The molecule has 0 aromatic carbocycles. The van der Waals surface area contributed by atoms with Crippen LogP contribution in [0.25, 0.3) is 11.1 Å². The molecule has 1 saturated heterocycles. The molecule has 2 aromatic heterocycles. The third-order valence-electron chi connectivity index (χ3n) is 3.38. The van der Waals surface area contributed by atoms with Gasteiger partial charge >= 0.3 is 12.1 Å². The topological polar surface area (TPSA) is 92.2 Å². The molecule has 0 radical (unpaired) electrons. The molecule has 0 unspecified atom stereocenters. The largest absolute Gasteiger partial charge is 0.336 e. The summed E-state index contributed by atoms with van der Waals surface area (Å²) >= 11 is 0. The molecule has 22 heavy (non-hydrogen) atoms. The van der Waals surface area contributed by atoms with Crippen LogP contribution in [-0.2, 0) is 13.6 Å². The Bertz CT molecular complexity index is 711. The third kappa shape index (κ3) is 2.90. The first-order chi connectivity index (χ1) is 10.6. The van der Waals surface area contributed by atoms with E-state index in [-0.39, 0.29) is 6.03 Å². The number of pyridine rings is 1. The lowest BCUT2D eigenvalue weighted by Crippen LogP contribution is -2.41. The van der Waals surface area contributed by atoms with E-state index in [9.17, 15) is 9.59 Å². The first-order valence-corrected chi connectivity index (χ1v) is 6.89. The van der Waals surface area contributed by atoms with Gasteiger partial charge < -0.3 is 10.6 Å². The lowest BCUT2D eigenvalue weighted by Gasteiger charge is -2.13. The van der Waals surface area contributed by atoms with Gasteiger partial charge in [-0.1, -0.05) is 0 Å². The van der Waals surface area contributed by atoms with E-state index in [0.717, 1.165) is 21.6 Å². The smallest absolute Gasteiger partial charge is 0.325 e. The Morgan fingerprint density at radius 1 is 1.36 bits per heavy atom. The standard InChI is InChI=1S/C14H16N6O2/c1-19-9-12(8-18-19)11-4-10(5-15-7-11)6-17-14(22)20-3-2-16-13(20)21/h4-5,7-9H,2-3,6H2,1H3,(H,16,21)(H,17,22). The van der Waals surface area contributed by atoms with E-state index < -0.39 is 6.03 Å². The molecule has 1 aliphatic heterocycles. The van der Waals surface area contributed by atoms with Crippen molar-refractivity contribution in [2.45, 2.75) is 6.54 Å². The minimum absolute atomic E-state index is 0.309. The van der Waals surface area contributed by atoms with Crippen LogP contribution in [0.4, 0.5) is 9.59 Å². The van der Waals surface area contributed by atoms with Crippen molar-refractivity contribution in [1.82, 2.24) is 30.3 Å². The molecular weight excluding hydrogens is 284 g/mol. The molecule has 0 saturated carbocycles. The Morgan fingerprint density at radius 3 is 2.91 bits per heavy atom. The van der Waals surface area contributed by atoms with Crippen molar-refractivity contribution < 1.29 is 9.59 Å². The maximum Gasteiger partial charge on any atom is 0.325 e. The molecular formula is C14H16N6O2. The van der Waals surface area contributed by atoms with Gasteiger partial charge in [0, 0.05) is 56.4 Å². The van der Waals surface area contributed by atoms with Crippen LogP contribution in [-0.4, -0.2) is 44.8 Å². The van der Waals surface area contributed by atoms with E-state index in [2.05, 4.69) is 20.7 Å². The molecule has 1 aliphatic rings. The van der Waals surface area contributed by atoms with E-state index in [0.29, 0.717) is 19.6 Å². The summed E-state index contributed by atoms with van der Waals surface area (Å²) in [4.78, 5) is 28.6. The highest BCUT2D eigenvalue weighted by Crippen LogP contribution is 2.18. The molecule has 3 heterocycles. The summed E-state index contributed by atoms with van der Waals surface area (Å²) in [5, 5.41) is 9.43. The number of urea groups is 2. The quantitative estimate of drug-likeness (QED) is 0.873. The molecule has 8 nitrogen and oxygen atoms in total. The number of imide groups is 1. The number of aromatic nitrogens is 3. The number of hydrogen-bond donors (Lipinski definition) is 2. The van der Waals surface area contributed by atoms with Crippen molar-refractivity contribution in [2.75, 3.05) is 13.1 Å². The Morgan fingerprint density at radius 2 is 2.23 bits per heavy atom. The molecule has 4 amide bonds. The number of nitrogens with one attached hydrogen (secondary N) is 2. The molecule has 0 bridgehead atoms. The van der Waals surface area contributed by atoms with Crippen LogP contribution in [0.2, 0.25) is 0 Å². The molecule has 0 aliphatic carbocycles. The highest BCUT2D eigenvalue weighted by atomic mass is 16.2. The van der Waals surface area contributed by atoms with E-state index in [4.69, 9.17) is 0 Å². The fourth-order valence-electron chi connectivity index (χ4n) is 2.25. The number of carbonyl (C=O) groups excluding carboxylic acids is 2. The van der Waals surface area contributed by atoms with Crippen molar-refractivity contribution in [1.29, 1.82) is 0 Å². The summed E-state index contributed by atoms with van der Waals surface area (Å²) in [5.74, 6) is 0. The normalized spacial score (nSPS) is 14.0. The zero-order valence-corrected chi connectivity index (χ0v) is 12.1. The third-order valence-corrected chi connectivity index (χ3v) is 3.38. The predicted octanol–water partition coefficient (Wildman–Crippen LogP) is 0.717. The van der Waals surface area contributed by atoms with Crippen molar-refractivity contribution >= 4 is 12.1 Å². The summed E-state index contributed by atoms with van der Waals surface area (Å²) in [6.45, 7) is 1.19. The van der Waals surface area contributed by atoms with Crippen molar-refractivity contribution in [3.63, 3.8) is 0 Å².